The monoisotopic (exact) mass is 263 g/mol. The van der Waals surface area contributed by atoms with Crippen molar-refractivity contribution >= 4 is 29.0 Å². The molecule has 0 aromatic heterocycles. The van der Waals surface area contributed by atoms with E-state index in [4.69, 9.17) is 11.6 Å². The average Bonchev–Trinajstić information content (AvgIpc) is 2.60. The van der Waals surface area contributed by atoms with Crippen molar-refractivity contribution in [2.45, 2.75) is 13.8 Å². The summed E-state index contributed by atoms with van der Waals surface area (Å²) in [5.41, 5.74) is 3.68. The largest absolute Gasteiger partial charge is 0.300 e. The van der Waals surface area contributed by atoms with Gasteiger partial charge in [0.1, 0.15) is 0 Å². The van der Waals surface area contributed by atoms with Crippen molar-refractivity contribution in [1.29, 1.82) is 0 Å². The van der Waals surface area contributed by atoms with Crippen LogP contribution in [0.1, 0.15) is 21.5 Å². The fourth-order valence-corrected chi connectivity index (χ4v) is 2.26. The molecule has 0 saturated carbocycles. The van der Waals surface area contributed by atoms with Crippen LogP contribution in [0.3, 0.4) is 0 Å². The van der Waals surface area contributed by atoms with E-state index in [9.17, 15) is 9.59 Å². The summed E-state index contributed by atoms with van der Waals surface area (Å²) in [5, 5.41) is 0. The van der Waals surface area contributed by atoms with Crippen molar-refractivity contribution in [3.8, 4) is 0 Å². The molecule has 4 heteroatoms. The smallest absolute Gasteiger partial charge is 0.299 e. The first kappa shape index (κ1) is 12.8. The normalized spacial score (nSPS) is 14.1. The van der Waals surface area contributed by atoms with Crippen LogP contribution in [0.25, 0.3) is 0 Å². The third-order valence-electron chi connectivity index (χ3n) is 3.10. The number of fused-ring (bicyclic) bond motifs is 1. The molecule has 0 radical (unpaired) electrons. The van der Waals surface area contributed by atoms with Gasteiger partial charge >= 0.3 is 0 Å². The topological polar surface area (TPSA) is 37.4 Å². The van der Waals surface area contributed by atoms with Crippen molar-refractivity contribution in [2.75, 3.05) is 17.3 Å². The highest BCUT2D eigenvalue weighted by molar-refractivity contribution is 6.52. The summed E-state index contributed by atoms with van der Waals surface area (Å²) >= 11 is 5.69. The van der Waals surface area contributed by atoms with Gasteiger partial charge in [-0.05, 0) is 30.5 Å². The fraction of sp³-hybridized carbons (Fsp3) is 0.286. The second-order valence-corrected chi connectivity index (χ2v) is 4.79. The van der Waals surface area contributed by atoms with Crippen LogP contribution in [0.4, 0.5) is 5.69 Å². The summed E-state index contributed by atoms with van der Waals surface area (Å²) in [6.45, 7) is 7.81. The predicted molar refractivity (Wildman–Crippen MR) is 72.5 cm³/mol. The zero-order valence-electron chi connectivity index (χ0n) is 10.4. The number of amides is 1. The minimum Gasteiger partial charge on any atom is -0.300 e. The van der Waals surface area contributed by atoms with Crippen molar-refractivity contribution < 1.29 is 9.59 Å². The highest BCUT2D eigenvalue weighted by Crippen LogP contribution is 2.34. The summed E-state index contributed by atoms with van der Waals surface area (Å²) in [4.78, 5) is 25.5. The number of ketones is 1. The lowest BCUT2D eigenvalue weighted by Crippen LogP contribution is -2.32. The Hall–Kier alpha value is -1.61. The molecule has 1 aliphatic heterocycles. The van der Waals surface area contributed by atoms with Gasteiger partial charge in [0.15, 0.2) is 0 Å². The third-order valence-corrected chi connectivity index (χ3v) is 3.47. The Kier molecular flexibility index (Phi) is 3.26. The molecule has 1 aliphatic rings. The molecule has 1 aromatic carbocycles. The lowest BCUT2D eigenvalue weighted by Gasteiger charge is -2.19. The van der Waals surface area contributed by atoms with Crippen LogP contribution in [0.5, 0.6) is 0 Å². The highest BCUT2D eigenvalue weighted by atomic mass is 35.5. The zero-order valence-corrected chi connectivity index (χ0v) is 11.2. The molecule has 0 aliphatic carbocycles. The lowest BCUT2D eigenvalue weighted by molar-refractivity contribution is -0.114. The SMILES string of the molecule is C=C(CCl)CN1C(=O)C(=O)c2c(C)ccc(C)c21. The minimum atomic E-state index is -0.492. The number of benzene rings is 1. The zero-order chi connectivity index (χ0) is 13.4. The van der Waals surface area contributed by atoms with E-state index in [1.54, 1.807) is 0 Å². The average molecular weight is 264 g/mol. The fourth-order valence-electron chi connectivity index (χ4n) is 2.18. The van der Waals surface area contributed by atoms with Gasteiger partial charge in [-0.1, -0.05) is 18.7 Å². The quantitative estimate of drug-likeness (QED) is 0.478. The van der Waals surface area contributed by atoms with Gasteiger partial charge in [-0.2, -0.15) is 0 Å². The third kappa shape index (κ3) is 1.85. The minimum absolute atomic E-state index is 0.276. The van der Waals surface area contributed by atoms with Gasteiger partial charge < -0.3 is 4.90 Å². The number of alkyl halides is 1. The first-order valence-corrected chi connectivity index (χ1v) is 6.19. The van der Waals surface area contributed by atoms with Crippen LogP contribution < -0.4 is 4.90 Å². The number of carbonyl (C=O) groups is 2. The molecule has 18 heavy (non-hydrogen) atoms. The Labute approximate surface area is 111 Å². The Morgan fingerprint density at radius 2 is 1.89 bits per heavy atom. The van der Waals surface area contributed by atoms with Crippen molar-refractivity contribution in [3.63, 3.8) is 0 Å². The van der Waals surface area contributed by atoms with Crippen LogP contribution in [-0.2, 0) is 4.79 Å². The van der Waals surface area contributed by atoms with Crippen LogP contribution in [-0.4, -0.2) is 24.1 Å². The molecular weight excluding hydrogens is 250 g/mol. The Morgan fingerprint density at radius 1 is 1.28 bits per heavy atom. The predicted octanol–water partition coefficient (Wildman–Crippen LogP) is 2.63. The molecule has 0 unspecified atom stereocenters. The van der Waals surface area contributed by atoms with Crippen molar-refractivity contribution in [3.05, 3.63) is 41.0 Å². The lowest BCUT2D eigenvalue weighted by atomic mass is 10.0. The van der Waals surface area contributed by atoms with Gasteiger partial charge in [0.05, 0.1) is 11.3 Å². The van der Waals surface area contributed by atoms with Gasteiger partial charge in [-0.25, -0.2) is 0 Å². The van der Waals surface area contributed by atoms with E-state index in [0.29, 0.717) is 23.4 Å². The van der Waals surface area contributed by atoms with Gasteiger partial charge in [0.25, 0.3) is 11.7 Å². The maximum Gasteiger partial charge on any atom is 0.299 e. The summed E-state index contributed by atoms with van der Waals surface area (Å²) < 4.78 is 0. The van der Waals surface area contributed by atoms with Gasteiger partial charge in [-0.3, -0.25) is 9.59 Å². The number of Topliss-reactive ketones (excluding diaryl/α,β-unsaturated/α-hetero) is 1. The van der Waals surface area contributed by atoms with Crippen LogP contribution in [0.2, 0.25) is 0 Å². The number of hydrogen-bond donors (Lipinski definition) is 0. The first-order valence-electron chi connectivity index (χ1n) is 5.66. The molecule has 94 valence electrons. The summed E-state index contributed by atoms with van der Waals surface area (Å²) in [7, 11) is 0. The van der Waals surface area contributed by atoms with Crippen LogP contribution in [0.15, 0.2) is 24.3 Å². The first-order chi connectivity index (χ1) is 8.47. The Morgan fingerprint density at radius 3 is 2.50 bits per heavy atom. The standard InChI is InChI=1S/C14H14ClNO2/c1-8(6-15)7-16-12-10(3)5-4-9(2)11(12)13(17)14(16)18/h4-5H,1,6-7H2,2-3H3. The second kappa shape index (κ2) is 4.58. The maximum absolute atomic E-state index is 12.0. The maximum atomic E-state index is 12.0. The number of carbonyl (C=O) groups excluding carboxylic acids is 2. The molecule has 0 saturated heterocycles. The van der Waals surface area contributed by atoms with Gasteiger partial charge in [-0.15, -0.1) is 11.6 Å². The number of halogens is 1. The van der Waals surface area contributed by atoms with Gasteiger partial charge in [0, 0.05) is 12.4 Å². The molecule has 0 bridgehead atoms. The number of aryl methyl sites for hydroxylation is 2. The van der Waals surface area contributed by atoms with E-state index in [-0.39, 0.29) is 5.88 Å². The van der Waals surface area contributed by atoms with E-state index >= 15 is 0 Å². The molecule has 1 aromatic rings. The summed E-state index contributed by atoms with van der Waals surface area (Å²) in [6, 6.07) is 3.77. The molecule has 0 atom stereocenters. The molecular formula is C14H14ClNO2. The van der Waals surface area contributed by atoms with Crippen molar-refractivity contribution in [1.82, 2.24) is 0 Å². The Balaban J connectivity index is 2.55. The van der Waals surface area contributed by atoms with E-state index in [2.05, 4.69) is 6.58 Å². The van der Waals surface area contributed by atoms with Crippen LogP contribution in [0, 0.1) is 13.8 Å². The van der Waals surface area contributed by atoms with Gasteiger partial charge in [0.2, 0.25) is 0 Å². The molecule has 0 fully saturated rings. The molecule has 3 nitrogen and oxygen atoms in total. The molecule has 1 amide bonds. The number of anilines is 1. The van der Waals surface area contributed by atoms with Crippen LogP contribution >= 0.6 is 11.6 Å². The molecule has 2 rings (SSSR count). The number of rotatable bonds is 3. The van der Waals surface area contributed by atoms with E-state index < -0.39 is 11.7 Å². The highest BCUT2D eigenvalue weighted by Gasteiger charge is 2.37. The van der Waals surface area contributed by atoms with E-state index in [1.807, 2.05) is 26.0 Å². The summed E-state index contributed by atoms with van der Waals surface area (Å²) in [6.07, 6.45) is 0. The summed E-state index contributed by atoms with van der Waals surface area (Å²) in [5.74, 6) is -0.653. The second-order valence-electron chi connectivity index (χ2n) is 4.53. The number of hydrogen-bond acceptors (Lipinski definition) is 2. The van der Waals surface area contributed by atoms with Crippen molar-refractivity contribution in [2.24, 2.45) is 0 Å². The molecule has 0 N–H and O–H groups in total. The Bertz CT molecular complexity index is 563. The van der Waals surface area contributed by atoms with E-state index in [0.717, 1.165) is 11.1 Å². The van der Waals surface area contributed by atoms with E-state index in [1.165, 1.54) is 4.90 Å². The number of nitrogens with zero attached hydrogens (tertiary/aromatic N) is 1. The molecule has 1 heterocycles. The molecule has 0 spiro atoms.